The summed E-state index contributed by atoms with van der Waals surface area (Å²) in [5.41, 5.74) is 5.15. The second kappa shape index (κ2) is 18.7. The number of carbonyl (C=O) groups is 3. The number of hydrogen-bond acceptors (Lipinski definition) is 4. The third-order valence-electron chi connectivity index (χ3n) is 20.9. The Bertz CT molecular complexity index is 1570. The smallest absolute Gasteiger partial charge is 0.306 e. The summed E-state index contributed by atoms with van der Waals surface area (Å²) in [7, 11) is 0. The first-order chi connectivity index (χ1) is 28.3. The fourth-order valence-electron chi connectivity index (χ4n) is 16.7. The summed E-state index contributed by atoms with van der Waals surface area (Å²) in [5, 5.41) is 18.8. The number of fused-ring (bicyclic) bond motifs is 10. The summed E-state index contributed by atoms with van der Waals surface area (Å²) in [6, 6.07) is 0. The van der Waals surface area contributed by atoms with E-state index < -0.39 is 5.97 Å². The van der Waals surface area contributed by atoms with E-state index in [9.17, 15) is 19.5 Å². The largest absolute Gasteiger partial charge is 0.513 e. The number of rotatable bonds is 12. The fourth-order valence-corrected chi connectivity index (χ4v) is 16.7. The first kappa shape index (κ1) is 48.3. The SMILES string of the molecule is C.C=C(O)[C@H](C)CCCC(C)[C@H]1CCC2C3=CCC4CC(=O)CC[C@]4(C)C3CC[C@@]21C.CC(CCC[C@H](C)C(=O)O)[C@H]1CCC2C3=CCC4CC(=O)CC[C@]4(C)C3CC[C@@]21C. The molecule has 8 unspecified atom stereocenters. The average Bonchev–Trinajstić information content (AvgIpc) is 3.75. The van der Waals surface area contributed by atoms with Gasteiger partial charge in [0.25, 0.3) is 0 Å². The molecule has 0 aliphatic heterocycles. The van der Waals surface area contributed by atoms with Gasteiger partial charge in [-0.2, -0.15) is 0 Å². The predicted molar refractivity (Wildman–Crippen MR) is 251 cm³/mol. The minimum absolute atomic E-state index is 0. The highest BCUT2D eigenvalue weighted by Gasteiger charge is 2.60. The zero-order chi connectivity index (χ0) is 43.4. The average molecular weight is 843 g/mol. The van der Waals surface area contributed by atoms with Crippen molar-refractivity contribution in [3.8, 4) is 0 Å². The second-order valence-corrected chi connectivity index (χ2v) is 23.9. The maximum absolute atomic E-state index is 12.1. The number of aliphatic hydroxyl groups is 1. The summed E-state index contributed by atoms with van der Waals surface area (Å²) >= 11 is 0. The van der Waals surface area contributed by atoms with Crippen molar-refractivity contribution < 1.29 is 24.6 Å². The quantitative estimate of drug-likeness (QED) is 0.151. The third-order valence-corrected chi connectivity index (χ3v) is 20.9. The maximum atomic E-state index is 12.1. The van der Waals surface area contributed by atoms with Gasteiger partial charge in [-0.15, -0.1) is 0 Å². The van der Waals surface area contributed by atoms with Crippen LogP contribution in [0, 0.1) is 92.7 Å². The van der Waals surface area contributed by atoms with Crippen molar-refractivity contribution in [2.45, 2.75) is 204 Å². The van der Waals surface area contributed by atoms with Crippen LogP contribution in [0.2, 0.25) is 0 Å². The number of hydrogen-bond donors (Lipinski definition) is 2. The van der Waals surface area contributed by atoms with Gasteiger partial charge in [0, 0.05) is 31.6 Å². The molecule has 0 radical (unpaired) electrons. The summed E-state index contributed by atoms with van der Waals surface area (Å²) < 4.78 is 0. The molecular formula is C56H90O5. The van der Waals surface area contributed by atoms with E-state index in [2.05, 4.69) is 67.2 Å². The highest BCUT2D eigenvalue weighted by molar-refractivity contribution is 5.80. The molecule has 8 aliphatic rings. The summed E-state index contributed by atoms with van der Waals surface area (Å²) in [6.07, 6.45) is 30.2. The molecule has 2 N–H and O–H groups in total. The topological polar surface area (TPSA) is 91.7 Å². The minimum Gasteiger partial charge on any atom is -0.513 e. The Balaban J connectivity index is 0.000000201. The molecule has 0 spiro atoms. The molecule has 0 aromatic carbocycles. The molecule has 6 saturated carbocycles. The van der Waals surface area contributed by atoms with Gasteiger partial charge in [0.15, 0.2) is 0 Å². The molecule has 16 atom stereocenters. The van der Waals surface area contributed by atoms with E-state index >= 15 is 0 Å². The number of allylic oxidation sites excluding steroid dienone is 5. The molecule has 0 amide bonds. The van der Waals surface area contributed by atoms with Gasteiger partial charge in [0.2, 0.25) is 0 Å². The molecule has 8 aliphatic carbocycles. The molecule has 0 aromatic heterocycles. The Morgan fingerprint density at radius 3 is 1.39 bits per heavy atom. The lowest BCUT2D eigenvalue weighted by molar-refractivity contribution is -0.141. The van der Waals surface area contributed by atoms with Crippen LogP contribution in [0.3, 0.4) is 0 Å². The van der Waals surface area contributed by atoms with Crippen molar-refractivity contribution in [1.82, 2.24) is 0 Å². The van der Waals surface area contributed by atoms with Gasteiger partial charge in [0.05, 0.1) is 11.7 Å². The number of carboxylic acids is 1. The molecule has 6 fully saturated rings. The number of Topliss-reactive ketones (excluding diaryl/α,β-unsaturated/α-hetero) is 2. The first-order valence-corrected chi connectivity index (χ1v) is 25.4. The van der Waals surface area contributed by atoms with Gasteiger partial charge < -0.3 is 10.2 Å². The third kappa shape index (κ3) is 8.96. The Hall–Kier alpha value is -2.17. The van der Waals surface area contributed by atoms with Gasteiger partial charge in [-0.1, -0.05) is 118 Å². The van der Waals surface area contributed by atoms with Crippen LogP contribution in [0.4, 0.5) is 0 Å². The van der Waals surface area contributed by atoms with E-state index in [1.54, 1.807) is 11.1 Å². The number of carbonyl (C=O) groups excluding carboxylic acids is 2. The van der Waals surface area contributed by atoms with Crippen molar-refractivity contribution in [1.29, 1.82) is 0 Å². The van der Waals surface area contributed by atoms with Crippen LogP contribution in [-0.4, -0.2) is 27.7 Å². The fraction of sp³-hybridized carbons (Fsp3) is 0.839. The molecule has 61 heavy (non-hydrogen) atoms. The van der Waals surface area contributed by atoms with Gasteiger partial charge >= 0.3 is 5.97 Å². The molecule has 0 bridgehead atoms. The van der Waals surface area contributed by atoms with Crippen molar-refractivity contribution >= 4 is 17.5 Å². The normalized spacial score (nSPS) is 41.8. The monoisotopic (exact) mass is 843 g/mol. The Labute approximate surface area is 373 Å². The lowest BCUT2D eigenvalue weighted by Crippen LogP contribution is -2.49. The standard InChI is InChI=1S/C28H44O2.C27H42O3.CH4/c1-18(20(3)29)7-6-8-19(2)24-11-12-25-23-10-9-21-17-22(30)13-15-27(21,4)26(23)14-16-28(24,25)5;1-17(6-5-7-18(2)25(29)30)22-10-11-23-21-9-8-19-16-20(28)12-14-26(19,3)24(21)13-15-27(22,23)4;/h10,18-19,21,24-26,29H,3,6-9,11-17H2,1-2,4-5H3;9,17-19,22-24H,5-8,10-16H2,1-4H3,(H,29,30);1H4/t18-,19?,21?,24-,25?,26?,27+,28-;17?,18-,19?,22+,23?,24?,26-,27+;/m10./s1. The number of carboxylic acid groups (broad SMARTS) is 1. The van der Waals surface area contributed by atoms with E-state index in [4.69, 9.17) is 5.11 Å². The first-order valence-electron chi connectivity index (χ1n) is 25.4. The van der Waals surface area contributed by atoms with E-state index in [0.29, 0.717) is 62.7 Å². The van der Waals surface area contributed by atoms with Gasteiger partial charge in [-0.3, -0.25) is 14.4 Å². The number of ketones is 2. The molecule has 0 aromatic rings. The molecule has 5 nitrogen and oxygen atoms in total. The highest BCUT2D eigenvalue weighted by Crippen LogP contribution is 2.68. The van der Waals surface area contributed by atoms with Crippen molar-refractivity contribution in [2.24, 2.45) is 92.7 Å². The highest BCUT2D eigenvalue weighted by atomic mass is 16.4. The maximum Gasteiger partial charge on any atom is 0.306 e. The van der Waals surface area contributed by atoms with Gasteiger partial charge in [-0.05, 0) is 171 Å². The molecule has 0 saturated heterocycles. The molecular weight excluding hydrogens is 753 g/mol. The van der Waals surface area contributed by atoms with Crippen molar-refractivity contribution in [2.75, 3.05) is 0 Å². The van der Waals surface area contributed by atoms with Crippen molar-refractivity contribution in [3.63, 3.8) is 0 Å². The van der Waals surface area contributed by atoms with Crippen LogP contribution in [0.5, 0.6) is 0 Å². The lowest BCUT2D eigenvalue weighted by atomic mass is 9.47. The summed E-state index contributed by atoms with van der Waals surface area (Å²) in [6.45, 7) is 22.7. The van der Waals surface area contributed by atoms with Crippen LogP contribution in [0.1, 0.15) is 204 Å². The van der Waals surface area contributed by atoms with E-state index in [1.807, 2.05) is 6.92 Å². The Morgan fingerprint density at radius 1 is 0.607 bits per heavy atom. The molecule has 8 rings (SSSR count). The summed E-state index contributed by atoms with van der Waals surface area (Å²) in [4.78, 5) is 35.3. The summed E-state index contributed by atoms with van der Waals surface area (Å²) in [5.74, 6) is 7.82. The second-order valence-electron chi connectivity index (χ2n) is 23.9. The van der Waals surface area contributed by atoms with E-state index in [1.165, 1.54) is 64.2 Å². The van der Waals surface area contributed by atoms with Crippen LogP contribution < -0.4 is 0 Å². The molecule has 0 heterocycles. The zero-order valence-corrected chi connectivity index (χ0v) is 39.5. The van der Waals surface area contributed by atoms with Gasteiger partial charge in [0.1, 0.15) is 11.6 Å². The molecule has 344 valence electrons. The predicted octanol–water partition coefficient (Wildman–Crippen LogP) is 14.9. The Morgan fingerprint density at radius 2 is 1.00 bits per heavy atom. The van der Waals surface area contributed by atoms with E-state index in [0.717, 1.165) is 113 Å². The van der Waals surface area contributed by atoms with Crippen LogP contribution >= 0.6 is 0 Å². The molecule has 5 heteroatoms. The van der Waals surface area contributed by atoms with Crippen LogP contribution in [-0.2, 0) is 14.4 Å². The lowest BCUT2D eigenvalue weighted by Gasteiger charge is -2.57. The Kier molecular flexibility index (Phi) is 14.8. The zero-order valence-electron chi connectivity index (χ0n) is 39.5. The minimum atomic E-state index is -0.658. The number of aliphatic carboxylic acids is 1. The van der Waals surface area contributed by atoms with Crippen LogP contribution in [0.15, 0.2) is 35.6 Å². The number of aliphatic hydroxyl groups excluding tert-OH is 1. The van der Waals surface area contributed by atoms with Gasteiger partial charge in [-0.25, -0.2) is 0 Å². The van der Waals surface area contributed by atoms with Crippen molar-refractivity contribution in [3.05, 3.63) is 35.6 Å². The van der Waals surface area contributed by atoms with Crippen LogP contribution in [0.25, 0.3) is 0 Å². The van der Waals surface area contributed by atoms with E-state index in [-0.39, 0.29) is 19.3 Å².